The van der Waals surface area contributed by atoms with Gasteiger partial charge in [-0.1, -0.05) is 12.1 Å². The van der Waals surface area contributed by atoms with Crippen LogP contribution in [0.25, 0.3) is 0 Å². The quantitative estimate of drug-likeness (QED) is 0.797. The lowest BCUT2D eigenvalue weighted by molar-refractivity contribution is -0.138. The minimum atomic E-state index is -4.40. The van der Waals surface area contributed by atoms with Gasteiger partial charge < -0.3 is 0 Å². The third-order valence-electron chi connectivity index (χ3n) is 2.42. The smallest absolute Gasteiger partial charge is 0.270 e. The van der Waals surface area contributed by atoms with Crippen molar-refractivity contribution in [2.24, 2.45) is 0 Å². The van der Waals surface area contributed by atoms with E-state index in [0.717, 1.165) is 12.3 Å². The van der Waals surface area contributed by atoms with E-state index in [1.54, 1.807) is 0 Å². The molecule has 1 aromatic rings. The Balaban J connectivity index is 2.85. The number of hydrogen-bond acceptors (Lipinski definition) is 3. The lowest BCUT2D eigenvalue weighted by atomic mass is 10.00. The second-order valence-corrected chi connectivity index (χ2v) is 5.51. The average molecular weight is 282 g/mol. The summed E-state index contributed by atoms with van der Waals surface area (Å²) >= 11 is 0. The van der Waals surface area contributed by atoms with Crippen molar-refractivity contribution in [2.45, 2.75) is 19.5 Å². The van der Waals surface area contributed by atoms with Crippen molar-refractivity contribution in [2.75, 3.05) is 12.9 Å². The van der Waals surface area contributed by atoms with Crippen LogP contribution in [0.3, 0.4) is 0 Å². The molecule has 0 atom stereocenters. The van der Waals surface area contributed by atoms with Gasteiger partial charge in [-0.15, -0.1) is 0 Å². The first-order valence-corrected chi connectivity index (χ1v) is 6.93. The lowest BCUT2D eigenvalue weighted by Crippen LogP contribution is -2.11. The van der Waals surface area contributed by atoms with Gasteiger partial charge in [0.1, 0.15) is 0 Å². The molecule has 0 aromatic heterocycles. The fraction of sp³-hybridized carbons (Fsp3) is 0.455. The van der Waals surface area contributed by atoms with E-state index in [0.29, 0.717) is 5.56 Å². The molecule has 0 bridgehead atoms. The Morgan fingerprint density at radius 2 is 1.89 bits per heavy atom. The molecule has 7 heteroatoms. The first-order valence-electron chi connectivity index (χ1n) is 5.11. The maximum atomic E-state index is 12.6. The van der Waals surface area contributed by atoms with Crippen LogP contribution in [0.15, 0.2) is 18.2 Å². The summed E-state index contributed by atoms with van der Waals surface area (Å²) in [5.74, 6) is 0. The zero-order valence-electron chi connectivity index (χ0n) is 9.91. The Bertz CT molecular complexity index is 521. The molecule has 0 saturated heterocycles. The summed E-state index contributed by atoms with van der Waals surface area (Å²) in [4.78, 5) is 0. The second-order valence-electron chi connectivity index (χ2n) is 3.86. The van der Waals surface area contributed by atoms with Crippen LogP contribution >= 0.6 is 0 Å². The van der Waals surface area contributed by atoms with E-state index >= 15 is 0 Å². The highest BCUT2D eigenvalue weighted by Gasteiger charge is 2.32. The zero-order chi connectivity index (χ0) is 14.0. The molecule has 0 aliphatic heterocycles. The third kappa shape index (κ3) is 4.30. The lowest BCUT2D eigenvalue weighted by Gasteiger charge is -2.13. The van der Waals surface area contributed by atoms with E-state index in [-0.39, 0.29) is 18.6 Å². The minimum absolute atomic E-state index is 0.0992. The summed E-state index contributed by atoms with van der Waals surface area (Å²) in [6.45, 7) is 1.19. The van der Waals surface area contributed by atoms with Crippen molar-refractivity contribution in [1.82, 2.24) is 0 Å². The molecular formula is C11H13F3O3S. The summed E-state index contributed by atoms with van der Waals surface area (Å²) in [5, 5.41) is 0. The van der Waals surface area contributed by atoms with Gasteiger partial charge >= 0.3 is 6.18 Å². The van der Waals surface area contributed by atoms with E-state index in [1.165, 1.54) is 19.1 Å². The molecule has 0 spiro atoms. The van der Waals surface area contributed by atoms with Crippen LogP contribution in [-0.2, 0) is 26.9 Å². The summed E-state index contributed by atoms with van der Waals surface area (Å²) in [6.07, 6.45) is -3.40. The maximum absolute atomic E-state index is 12.6. The maximum Gasteiger partial charge on any atom is 0.416 e. The second kappa shape index (κ2) is 5.27. The van der Waals surface area contributed by atoms with Crippen molar-refractivity contribution >= 4 is 10.1 Å². The normalized spacial score (nSPS) is 12.7. The highest BCUT2D eigenvalue weighted by molar-refractivity contribution is 7.85. The molecule has 1 aromatic carbocycles. The number of hydrogen-bond donors (Lipinski definition) is 0. The van der Waals surface area contributed by atoms with Crippen molar-refractivity contribution < 1.29 is 25.8 Å². The van der Waals surface area contributed by atoms with E-state index in [1.807, 2.05) is 0 Å². The molecule has 0 aliphatic carbocycles. The van der Waals surface area contributed by atoms with Crippen LogP contribution in [0.5, 0.6) is 0 Å². The van der Waals surface area contributed by atoms with E-state index < -0.39 is 21.9 Å². The molecule has 0 amide bonds. The van der Waals surface area contributed by atoms with Crippen LogP contribution in [0.4, 0.5) is 13.2 Å². The molecule has 3 nitrogen and oxygen atoms in total. The standard InChI is InChI=1S/C11H13F3O3S/c1-8-9(6-7-17-18(2,15)16)4-3-5-10(8)11(12,13)14/h3-5H,6-7H2,1-2H3. The zero-order valence-corrected chi connectivity index (χ0v) is 10.7. The first kappa shape index (κ1) is 15.0. The fourth-order valence-corrected chi connectivity index (χ4v) is 1.95. The van der Waals surface area contributed by atoms with Crippen molar-refractivity contribution in [1.29, 1.82) is 0 Å². The number of alkyl halides is 3. The highest BCUT2D eigenvalue weighted by Crippen LogP contribution is 2.32. The highest BCUT2D eigenvalue weighted by atomic mass is 32.2. The van der Waals surface area contributed by atoms with Crippen LogP contribution in [-0.4, -0.2) is 21.3 Å². The van der Waals surface area contributed by atoms with Crippen molar-refractivity contribution in [3.8, 4) is 0 Å². The molecule has 1 rings (SSSR count). The first-order chi connectivity index (χ1) is 8.11. The third-order valence-corrected chi connectivity index (χ3v) is 3.02. The van der Waals surface area contributed by atoms with Crippen molar-refractivity contribution in [3.63, 3.8) is 0 Å². The monoisotopic (exact) mass is 282 g/mol. The van der Waals surface area contributed by atoms with E-state index in [4.69, 9.17) is 0 Å². The van der Waals surface area contributed by atoms with Crippen LogP contribution in [0.2, 0.25) is 0 Å². The summed E-state index contributed by atoms with van der Waals surface area (Å²) in [7, 11) is -3.57. The Morgan fingerprint density at radius 1 is 1.28 bits per heavy atom. The number of benzene rings is 1. The molecule has 0 fully saturated rings. The van der Waals surface area contributed by atoms with Crippen LogP contribution < -0.4 is 0 Å². The molecular weight excluding hydrogens is 269 g/mol. The molecule has 0 aliphatic rings. The van der Waals surface area contributed by atoms with Crippen LogP contribution in [0, 0.1) is 6.92 Å². The van der Waals surface area contributed by atoms with E-state index in [9.17, 15) is 21.6 Å². The molecule has 102 valence electrons. The van der Waals surface area contributed by atoms with Gasteiger partial charge in [-0.25, -0.2) is 0 Å². The Hall–Kier alpha value is -1.08. The van der Waals surface area contributed by atoms with Gasteiger partial charge in [0.15, 0.2) is 0 Å². The fourth-order valence-electron chi connectivity index (χ4n) is 1.56. The Kier molecular flexibility index (Phi) is 4.39. The van der Waals surface area contributed by atoms with E-state index in [2.05, 4.69) is 4.18 Å². The predicted octanol–water partition coefficient (Wildman–Crippen LogP) is 2.53. The van der Waals surface area contributed by atoms with Gasteiger partial charge in [-0.05, 0) is 30.5 Å². The largest absolute Gasteiger partial charge is 0.416 e. The summed E-state index contributed by atoms with van der Waals surface area (Å²) in [5.41, 5.74) is -0.185. The topological polar surface area (TPSA) is 43.4 Å². The molecule has 0 saturated carbocycles. The number of halogens is 3. The van der Waals surface area contributed by atoms with Gasteiger partial charge in [0.25, 0.3) is 10.1 Å². The van der Waals surface area contributed by atoms with Gasteiger partial charge in [-0.2, -0.15) is 21.6 Å². The summed E-state index contributed by atoms with van der Waals surface area (Å²) < 4.78 is 63.8. The van der Waals surface area contributed by atoms with Gasteiger partial charge in [0, 0.05) is 0 Å². The molecule has 0 radical (unpaired) electrons. The molecule has 0 unspecified atom stereocenters. The molecule has 0 N–H and O–H groups in total. The number of rotatable bonds is 4. The van der Waals surface area contributed by atoms with Crippen LogP contribution in [0.1, 0.15) is 16.7 Å². The van der Waals surface area contributed by atoms with Gasteiger partial charge in [0.2, 0.25) is 0 Å². The Morgan fingerprint density at radius 3 is 2.39 bits per heavy atom. The predicted molar refractivity (Wildman–Crippen MR) is 60.7 cm³/mol. The van der Waals surface area contributed by atoms with Gasteiger partial charge in [0.05, 0.1) is 18.4 Å². The Labute approximate surface area is 104 Å². The van der Waals surface area contributed by atoms with Gasteiger partial charge in [-0.3, -0.25) is 4.18 Å². The summed E-state index contributed by atoms with van der Waals surface area (Å²) in [6, 6.07) is 3.82. The molecule has 18 heavy (non-hydrogen) atoms. The minimum Gasteiger partial charge on any atom is -0.270 e. The average Bonchev–Trinajstić information content (AvgIpc) is 2.17. The molecule has 0 heterocycles. The van der Waals surface area contributed by atoms with Crippen molar-refractivity contribution in [3.05, 3.63) is 34.9 Å². The SMILES string of the molecule is Cc1c(CCOS(C)(=O)=O)cccc1C(F)(F)F.